The van der Waals surface area contributed by atoms with Crippen LogP contribution in [-0.4, -0.2) is 48.6 Å². The Morgan fingerprint density at radius 3 is 1.79 bits per heavy atom. The normalized spacial score (nSPS) is 9.37. The number of hydrogen-bond acceptors (Lipinski definition) is 6. The molecule has 0 spiro atoms. The molecule has 0 atom stereocenters. The van der Waals surface area contributed by atoms with E-state index < -0.39 is 11.9 Å². The molecule has 0 radical (unpaired) electrons. The Kier molecular flexibility index (Phi) is 9.46. The molecule has 0 amide bonds. The molecule has 6 nitrogen and oxygen atoms in total. The third-order valence-corrected chi connectivity index (χ3v) is 1.98. The number of benzene rings is 1. The first-order chi connectivity index (χ1) is 8.69. The molecule has 19 heavy (non-hydrogen) atoms. The van der Waals surface area contributed by atoms with Crippen molar-refractivity contribution in [3.63, 3.8) is 0 Å². The van der Waals surface area contributed by atoms with E-state index in [0.29, 0.717) is 0 Å². The van der Waals surface area contributed by atoms with Gasteiger partial charge in [-0.05, 0) is 18.2 Å². The standard InChI is InChI=1S/C12H14O6.Na.H/c13-4-6-17-11(15)9-2-1-3-10(8-9)12(16)18-7-5-14;;/h1-3,8,13-14H,4-7H2;;/q;+1;-1. The van der Waals surface area contributed by atoms with Crippen LogP contribution >= 0.6 is 0 Å². The third-order valence-electron chi connectivity index (χ3n) is 1.98. The molecule has 0 aliphatic heterocycles. The Hall–Kier alpha value is -0.920. The van der Waals surface area contributed by atoms with E-state index in [4.69, 9.17) is 19.7 Å². The topological polar surface area (TPSA) is 93.1 Å². The Bertz CT molecular complexity index is 391. The van der Waals surface area contributed by atoms with Gasteiger partial charge in [0.25, 0.3) is 0 Å². The number of rotatable bonds is 6. The second-order valence-electron chi connectivity index (χ2n) is 3.30. The predicted octanol–water partition coefficient (Wildman–Crippen LogP) is -2.90. The molecule has 0 saturated heterocycles. The maximum absolute atomic E-state index is 11.5. The van der Waals surface area contributed by atoms with Gasteiger partial charge in [0.1, 0.15) is 13.2 Å². The number of aliphatic hydroxyl groups excluding tert-OH is 2. The van der Waals surface area contributed by atoms with Crippen LogP contribution in [0.4, 0.5) is 0 Å². The smallest absolute Gasteiger partial charge is 1.00 e. The van der Waals surface area contributed by atoms with Gasteiger partial charge in [-0.15, -0.1) is 0 Å². The number of esters is 2. The monoisotopic (exact) mass is 278 g/mol. The van der Waals surface area contributed by atoms with Gasteiger partial charge in [0.2, 0.25) is 0 Å². The first-order valence-corrected chi connectivity index (χ1v) is 5.35. The first-order valence-electron chi connectivity index (χ1n) is 5.35. The van der Waals surface area contributed by atoms with Crippen molar-refractivity contribution in [1.29, 1.82) is 0 Å². The maximum atomic E-state index is 11.5. The summed E-state index contributed by atoms with van der Waals surface area (Å²) in [6.07, 6.45) is 0. The van der Waals surface area contributed by atoms with Crippen LogP contribution in [0.5, 0.6) is 0 Å². The summed E-state index contributed by atoms with van der Waals surface area (Å²) in [4.78, 5) is 22.9. The minimum Gasteiger partial charge on any atom is -1.00 e. The summed E-state index contributed by atoms with van der Waals surface area (Å²) >= 11 is 0. The fourth-order valence-electron chi connectivity index (χ4n) is 1.22. The van der Waals surface area contributed by atoms with Gasteiger partial charge in [0.15, 0.2) is 0 Å². The summed E-state index contributed by atoms with van der Waals surface area (Å²) in [5, 5.41) is 17.1. The molecular weight excluding hydrogens is 263 g/mol. The Labute approximate surface area is 134 Å². The summed E-state index contributed by atoms with van der Waals surface area (Å²) in [5.41, 5.74) is 0.392. The second-order valence-corrected chi connectivity index (χ2v) is 3.30. The average Bonchev–Trinajstić information content (AvgIpc) is 2.42. The van der Waals surface area contributed by atoms with Crippen molar-refractivity contribution >= 4 is 11.9 Å². The number of carbonyl (C=O) groups excluding carboxylic acids is 2. The van der Waals surface area contributed by atoms with E-state index in [9.17, 15) is 9.59 Å². The third kappa shape index (κ3) is 6.17. The van der Waals surface area contributed by atoms with Gasteiger partial charge in [-0.1, -0.05) is 6.07 Å². The van der Waals surface area contributed by atoms with Crippen molar-refractivity contribution in [2.24, 2.45) is 0 Å². The summed E-state index contributed by atoms with van der Waals surface area (Å²) in [6.45, 7) is -0.718. The van der Waals surface area contributed by atoms with E-state index in [1.807, 2.05) is 0 Å². The van der Waals surface area contributed by atoms with Gasteiger partial charge in [0.05, 0.1) is 24.3 Å². The number of carbonyl (C=O) groups is 2. The molecule has 0 aliphatic carbocycles. The quantitative estimate of drug-likeness (QED) is 0.428. The molecule has 100 valence electrons. The van der Waals surface area contributed by atoms with Gasteiger partial charge in [-0.25, -0.2) is 9.59 Å². The number of hydrogen-bond donors (Lipinski definition) is 2. The molecule has 1 aromatic rings. The number of aliphatic hydroxyl groups is 2. The first kappa shape index (κ1) is 18.1. The molecule has 0 saturated carbocycles. The van der Waals surface area contributed by atoms with E-state index >= 15 is 0 Å². The second kappa shape index (κ2) is 9.94. The van der Waals surface area contributed by atoms with Crippen molar-refractivity contribution in [1.82, 2.24) is 0 Å². The number of ether oxygens (including phenoxy) is 2. The molecule has 1 rings (SSSR count). The summed E-state index contributed by atoms with van der Waals surface area (Å²) < 4.78 is 9.42. The summed E-state index contributed by atoms with van der Waals surface area (Å²) in [5.74, 6) is -1.25. The SMILES string of the molecule is O=C(OCCO)c1cccc(C(=O)OCCO)c1.[H-].[Na+]. The van der Waals surface area contributed by atoms with Crippen LogP contribution in [0.1, 0.15) is 22.1 Å². The molecule has 0 bridgehead atoms. The molecule has 0 aromatic heterocycles. The van der Waals surface area contributed by atoms with E-state index in [1.165, 1.54) is 24.3 Å². The van der Waals surface area contributed by atoms with E-state index in [-0.39, 0.29) is 68.5 Å². The van der Waals surface area contributed by atoms with E-state index in [0.717, 1.165) is 0 Å². The Morgan fingerprint density at radius 1 is 1.00 bits per heavy atom. The van der Waals surface area contributed by atoms with Crippen LogP contribution < -0.4 is 29.6 Å². The molecule has 0 fully saturated rings. The van der Waals surface area contributed by atoms with Crippen molar-refractivity contribution in [2.45, 2.75) is 0 Å². The van der Waals surface area contributed by atoms with Crippen LogP contribution in [0.15, 0.2) is 24.3 Å². The Morgan fingerprint density at radius 2 is 1.42 bits per heavy atom. The molecule has 7 heteroatoms. The van der Waals surface area contributed by atoms with Crippen molar-refractivity contribution in [2.75, 3.05) is 26.4 Å². The zero-order valence-corrected chi connectivity index (χ0v) is 12.7. The van der Waals surface area contributed by atoms with Gasteiger partial charge in [-0.3, -0.25) is 0 Å². The minimum atomic E-state index is -0.624. The Balaban J connectivity index is 0. The van der Waals surface area contributed by atoms with Crippen LogP contribution in [0.3, 0.4) is 0 Å². The molecule has 0 unspecified atom stereocenters. The summed E-state index contributed by atoms with van der Waals surface area (Å²) in [7, 11) is 0. The van der Waals surface area contributed by atoms with Gasteiger partial charge >= 0.3 is 41.5 Å². The van der Waals surface area contributed by atoms with Gasteiger partial charge < -0.3 is 21.1 Å². The van der Waals surface area contributed by atoms with Gasteiger partial charge in [-0.2, -0.15) is 0 Å². The van der Waals surface area contributed by atoms with Crippen LogP contribution in [-0.2, 0) is 9.47 Å². The van der Waals surface area contributed by atoms with Crippen molar-refractivity contribution < 1.29 is 60.3 Å². The van der Waals surface area contributed by atoms with Crippen LogP contribution in [0.2, 0.25) is 0 Å². The van der Waals surface area contributed by atoms with Crippen molar-refractivity contribution in [3.05, 3.63) is 35.4 Å². The fourth-order valence-corrected chi connectivity index (χ4v) is 1.22. The molecule has 0 heterocycles. The largest absolute Gasteiger partial charge is 1.00 e. The van der Waals surface area contributed by atoms with Crippen LogP contribution in [0, 0.1) is 0 Å². The minimum absolute atomic E-state index is 0. The fraction of sp³-hybridized carbons (Fsp3) is 0.333. The van der Waals surface area contributed by atoms with E-state index in [2.05, 4.69) is 0 Å². The predicted molar refractivity (Wildman–Crippen MR) is 62.3 cm³/mol. The molecule has 2 N–H and O–H groups in total. The zero-order valence-electron chi connectivity index (χ0n) is 11.7. The van der Waals surface area contributed by atoms with Crippen LogP contribution in [0.25, 0.3) is 0 Å². The van der Waals surface area contributed by atoms with Gasteiger partial charge in [0, 0.05) is 0 Å². The molecule has 0 aliphatic rings. The zero-order chi connectivity index (χ0) is 13.4. The maximum Gasteiger partial charge on any atom is 1.00 e. The average molecular weight is 278 g/mol. The molecular formula is C12H15NaO6. The van der Waals surface area contributed by atoms with Crippen molar-refractivity contribution in [3.8, 4) is 0 Å². The molecule has 1 aromatic carbocycles. The van der Waals surface area contributed by atoms with E-state index in [1.54, 1.807) is 0 Å². The summed E-state index contributed by atoms with van der Waals surface area (Å²) in [6, 6.07) is 5.83.